The van der Waals surface area contributed by atoms with Gasteiger partial charge in [-0.25, -0.2) is 21.9 Å². The van der Waals surface area contributed by atoms with Crippen molar-refractivity contribution in [1.82, 2.24) is 4.72 Å². The maximum atomic E-state index is 13.7. The molecule has 0 aromatic heterocycles. The number of hydrogen-bond acceptors (Lipinski definition) is 3. The average molecular weight is 437 g/mol. The van der Waals surface area contributed by atoms with E-state index in [9.17, 15) is 22.0 Å². The molecule has 0 atom stereocenters. The molecule has 0 aliphatic rings. The van der Waals surface area contributed by atoms with Gasteiger partial charge in [0.05, 0.1) is 10.7 Å². The lowest BCUT2D eigenvalue weighted by Gasteiger charge is -2.11. The topological polar surface area (TPSA) is 75.3 Å². The first-order valence-electron chi connectivity index (χ1n) is 8.36. The van der Waals surface area contributed by atoms with Crippen LogP contribution in [-0.4, -0.2) is 14.3 Å². The Morgan fingerprint density at radius 3 is 2.38 bits per heavy atom. The van der Waals surface area contributed by atoms with Gasteiger partial charge in [-0.15, -0.1) is 0 Å². The highest BCUT2D eigenvalue weighted by atomic mass is 35.5. The van der Waals surface area contributed by atoms with E-state index < -0.39 is 27.6 Å². The van der Waals surface area contributed by atoms with Crippen LogP contribution in [0, 0.1) is 11.6 Å². The molecule has 0 unspecified atom stereocenters. The molecule has 0 spiro atoms. The van der Waals surface area contributed by atoms with E-state index in [0.29, 0.717) is 6.07 Å². The van der Waals surface area contributed by atoms with Crippen molar-refractivity contribution in [2.24, 2.45) is 0 Å². The number of carbonyl (C=O) groups excluding carboxylic acids is 1. The Kier molecular flexibility index (Phi) is 6.26. The maximum Gasteiger partial charge on any atom is 0.255 e. The predicted molar refractivity (Wildman–Crippen MR) is 106 cm³/mol. The van der Waals surface area contributed by atoms with Crippen LogP contribution in [0.4, 0.5) is 14.5 Å². The Morgan fingerprint density at radius 1 is 0.966 bits per heavy atom. The van der Waals surface area contributed by atoms with E-state index in [1.807, 2.05) is 0 Å². The Morgan fingerprint density at radius 2 is 1.69 bits per heavy atom. The monoisotopic (exact) mass is 436 g/mol. The molecule has 0 radical (unpaired) electrons. The molecule has 0 aliphatic heterocycles. The van der Waals surface area contributed by atoms with Gasteiger partial charge in [-0.1, -0.05) is 41.9 Å². The fourth-order valence-corrected chi connectivity index (χ4v) is 4.03. The molecule has 0 fully saturated rings. The van der Waals surface area contributed by atoms with E-state index in [4.69, 9.17) is 11.6 Å². The van der Waals surface area contributed by atoms with Crippen molar-refractivity contribution in [2.45, 2.75) is 11.4 Å². The number of carbonyl (C=O) groups is 1. The first-order valence-corrected chi connectivity index (χ1v) is 10.2. The van der Waals surface area contributed by atoms with Crippen molar-refractivity contribution in [1.29, 1.82) is 0 Å². The minimum Gasteiger partial charge on any atom is -0.319 e. The van der Waals surface area contributed by atoms with Gasteiger partial charge in [-0.2, -0.15) is 0 Å². The van der Waals surface area contributed by atoms with Gasteiger partial charge in [0.1, 0.15) is 16.5 Å². The van der Waals surface area contributed by atoms with Crippen molar-refractivity contribution < 1.29 is 22.0 Å². The zero-order valence-electron chi connectivity index (χ0n) is 14.8. The summed E-state index contributed by atoms with van der Waals surface area (Å²) in [6, 6.07) is 15.2. The molecular weight excluding hydrogens is 422 g/mol. The molecule has 0 saturated carbocycles. The van der Waals surface area contributed by atoms with Crippen LogP contribution in [0.1, 0.15) is 15.9 Å². The molecule has 0 bridgehead atoms. The predicted octanol–water partition coefficient (Wildman–Crippen LogP) is 4.35. The highest BCUT2D eigenvalue weighted by molar-refractivity contribution is 7.89. The molecule has 3 aromatic rings. The van der Waals surface area contributed by atoms with Gasteiger partial charge >= 0.3 is 0 Å². The Bertz CT molecular complexity index is 1160. The van der Waals surface area contributed by atoms with Crippen molar-refractivity contribution in [3.05, 3.63) is 94.5 Å². The van der Waals surface area contributed by atoms with Gasteiger partial charge < -0.3 is 5.32 Å². The highest BCUT2D eigenvalue weighted by Crippen LogP contribution is 2.24. The molecule has 2 N–H and O–H groups in total. The Hall–Kier alpha value is -2.81. The first-order chi connectivity index (χ1) is 13.8. The van der Waals surface area contributed by atoms with Crippen LogP contribution in [-0.2, 0) is 16.6 Å². The lowest BCUT2D eigenvalue weighted by atomic mass is 10.2. The van der Waals surface area contributed by atoms with E-state index in [1.165, 1.54) is 12.1 Å². The molecule has 0 saturated heterocycles. The van der Waals surface area contributed by atoms with Gasteiger partial charge in [-0.3, -0.25) is 4.79 Å². The lowest BCUT2D eigenvalue weighted by Crippen LogP contribution is -2.24. The second-order valence-electron chi connectivity index (χ2n) is 6.03. The van der Waals surface area contributed by atoms with Crippen molar-refractivity contribution in [3.8, 4) is 0 Å². The minimum atomic E-state index is -4.02. The van der Waals surface area contributed by atoms with Crippen LogP contribution in [0.2, 0.25) is 5.02 Å². The number of nitrogens with one attached hydrogen (secondary N) is 2. The summed E-state index contributed by atoms with van der Waals surface area (Å²) < 4.78 is 54.4. The van der Waals surface area contributed by atoms with Crippen molar-refractivity contribution in [3.63, 3.8) is 0 Å². The molecular formula is C20H15ClF2N2O3S. The van der Waals surface area contributed by atoms with Crippen molar-refractivity contribution in [2.75, 3.05) is 5.32 Å². The number of rotatable bonds is 6. The number of hydrogen-bond donors (Lipinski definition) is 2. The zero-order chi connectivity index (χ0) is 21.0. The van der Waals surface area contributed by atoms with Crippen LogP contribution in [0.3, 0.4) is 0 Å². The molecule has 3 aromatic carbocycles. The third-order valence-corrected chi connectivity index (χ3v) is 5.85. The van der Waals surface area contributed by atoms with Gasteiger partial charge in [0.15, 0.2) is 0 Å². The molecule has 5 nitrogen and oxygen atoms in total. The quantitative estimate of drug-likeness (QED) is 0.603. The zero-order valence-corrected chi connectivity index (χ0v) is 16.4. The van der Waals surface area contributed by atoms with E-state index in [2.05, 4.69) is 10.0 Å². The van der Waals surface area contributed by atoms with Gasteiger partial charge in [0, 0.05) is 18.2 Å². The highest BCUT2D eigenvalue weighted by Gasteiger charge is 2.20. The lowest BCUT2D eigenvalue weighted by molar-refractivity contribution is 0.102. The Balaban J connectivity index is 1.82. The third kappa shape index (κ3) is 5.17. The standard InChI is InChI=1S/C20H15ClF2N2O3S/c21-16-8-6-14(20(26)25-18-9-7-15(22)11-17(18)23)10-19(16)29(27,28)24-12-13-4-2-1-3-5-13/h1-11,24H,12H2,(H,25,26). The second-order valence-corrected chi connectivity index (χ2v) is 8.18. The molecule has 29 heavy (non-hydrogen) atoms. The fourth-order valence-electron chi connectivity index (χ4n) is 2.49. The second kappa shape index (κ2) is 8.69. The van der Waals surface area contributed by atoms with E-state index in [1.54, 1.807) is 30.3 Å². The molecule has 150 valence electrons. The van der Waals surface area contributed by atoms with E-state index >= 15 is 0 Å². The average Bonchev–Trinajstić information content (AvgIpc) is 2.69. The van der Waals surface area contributed by atoms with Gasteiger partial charge in [-0.05, 0) is 35.9 Å². The summed E-state index contributed by atoms with van der Waals surface area (Å²) in [5, 5.41) is 2.20. The summed E-state index contributed by atoms with van der Waals surface area (Å²) in [6.07, 6.45) is 0. The number of sulfonamides is 1. The van der Waals surface area contributed by atoms with E-state index in [0.717, 1.165) is 23.8 Å². The summed E-state index contributed by atoms with van der Waals surface area (Å²) in [4.78, 5) is 12.1. The largest absolute Gasteiger partial charge is 0.319 e. The van der Waals surface area contributed by atoms with Crippen LogP contribution in [0.5, 0.6) is 0 Å². The summed E-state index contributed by atoms with van der Waals surface area (Å²) in [5.74, 6) is -2.51. The molecule has 9 heteroatoms. The van der Waals surface area contributed by atoms with Crippen LogP contribution in [0.15, 0.2) is 71.6 Å². The number of amides is 1. The first kappa shape index (κ1) is 20.9. The van der Waals surface area contributed by atoms with Gasteiger partial charge in [0.25, 0.3) is 5.91 Å². The molecule has 1 amide bonds. The van der Waals surface area contributed by atoms with Crippen molar-refractivity contribution >= 4 is 33.2 Å². The summed E-state index contributed by atoms with van der Waals surface area (Å²) in [7, 11) is -4.02. The smallest absolute Gasteiger partial charge is 0.255 e. The maximum absolute atomic E-state index is 13.7. The van der Waals surface area contributed by atoms with Crippen LogP contribution >= 0.6 is 11.6 Å². The van der Waals surface area contributed by atoms with Crippen LogP contribution < -0.4 is 10.0 Å². The Labute approximate surface area is 171 Å². The summed E-state index contributed by atoms with van der Waals surface area (Å²) >= 11 is 6.02. The number of anilines is 1. The van der Waals surface area contributed by atoms with Gasteiger partial charge in [0.2, 0.25) is 10.0 Å². The number of halogens is 3. The minimum absolute atomic E-state index is 0.0384. The van der Waals surface area contributed by atoms with Crippen LogP contribution in [0.25, 0.3) is 0 Å². The normalized spacial score (nSPS) is 11.3. The SMILES string of the molecule is O=C(Nc1ccc(F)cc1F)c1ccc(Cl)c(S(=O)(=O)NCc2ccccc2)c1. The third-order valence-electron chi connectivity index (χ3n) is 3.97. The molecule has 0 aliphatic carbocycles. The molecule has 3 rings (SSSR count). The number of benzene rings is 3. The van der Waals surface area contributed by atoms with E-state index in [-0.39, 0.29) is 27.7 Å². The molecule has 0 heterocycles. The summed E-state index contributed by atoms with van der Waals surface area (Å²) in [6.45, 7) is 0.0384. The summed E-state index contributed by atoms with van der Waals surface area (Å²) in [5.41, 5.74) is 0.448. The fraction of sp³-hybridized carbons (Fsp3) is 0.0500.